The van der Waals surface area contributed by atoms with E-state index in [0.717, 1.165) is 35.1 Å². The zero-order valence-electron chi connectivity index (χ0n) is 19.8. The summed E-state index contributed by atoms with van der Waals surface area (Å²) >= 11 is 0. The largest absolute Gasteiger partial charge is 0.480 e. The molecule has 4 N–H and O–H groups in total. The van der Waals surface area contributed by atoms with E-state index in [2.05, 4.69) is 22.8 Å². The van der Waals surface area contributed by atoms with Crippen LogP contribution >= 0.6 is 0 Å². The van der Waals surface area contributed by atoms with E-state index in [-0.39, 0.29) is 31.4 Å². The maximum atomic E-state index is 12.4. The maximum Gasteiger partial charge on any atom is 0.407 e. The standard InChI is InChI=1S/C27H32N2O6/c1-17-7-6-12-27(14-17,25(32)33)29-24(31)13-18(30)15-28-26(34)35-16-23-21-10-4-2-8-19(21)20-9-3-5-11-22(20)23/h2-5,8-11,17-18,23,30H,6-7,12-16H2,1H3,(H,28,34)(H,29,31)(H,32,33). The zero-order valence-corrected chi connectivity index (χ0v) is 19.8. The van der Waals surface area contributed by atoms with E-state index in [1.54, 1.807) is 0 Å². The summed E-state index contributed by atoms with van der Waals surface area (Å²) in [5.74, 6) is -1.48. The van der Waals surface area contributed by atoms with E-state index in [1.165, 1.54) is 0 Å². The van der Waals surface area contributed by atoms with E-state index in [0.29, 0.717) is 12.8 Å². The lowest BCUT2D eigenvalue weighted by Gasteiger charge is -2.37. The second-order valence-electron chi connectivity index (χ2n) is 9.70. The van der Waals surface area contributed by atoms with Gasteiger partial charge in [0.15, 0.2) is 0 Å². The number of carboxylic acid groups (broad SMARTS) is 1. The van der Waals surface area contributed by atoms with Gasteiger partial charge in [-0.1, -0.05) is 68.3 Å². The second kappa shape index (κ2) is 10.5. The van der Waals surface area contributed by atoms with Gasteiger partial charge in [0.2, 0.25) is 5.91 Å². The van der Waals surface area contributed by atoms with Gasteiger partial charge in [-0.15, -0.1) is 0 Å². The number of hydrogen-bond donors (Lipinski definition) is 4. The molecule has 0 aliphatic heterocycles. The van der Waals surface area contributed by atoms with E-state index in [4.69, 9.17) is 4.74 Å². The van der Waals surface area contributed by atoms with Crippen molar-refractivity contribution in [1.82, 2.24) is 10.6 Å². The molecule has 35 heavy (non-hydrogen) atoms. The lowest BCUT2D eigenvalue weighted by Crippen LogP contribution is -2.57. The molecule has 1 fully saturated rings. The van der Waals surface area contributed by atoms with E-state index in [9.17, 15) is 24.6 Å². The molecule has 2 amide bonds. The molecule has 1 saturated carbocycles. The Bertz CT molecular complexity index is 1060. The summed E-state index contributed by atoms with van der Waals surface area (Å²) in [4.78, 5) is 36.6. The normalized spacial score (nSPS) is 21.9. The van der Waals surface area contributed by atoms with Crippen LogP contribution in [0.5, 0.6) is 0 Å². The Morgan fingerprint density at radius 2 is 1.71 bits per heavy atom. The van der Waals surface area contributed by atoms with Gasteiger partial charge in [0.1, 0.15) is 12.1 Å². The summed E-state index contributed by atoms with van der Waals surface area (Å²) in [7, 11) is 0. The highest BCUT2D eigenvalue weighted by molar-refractivity contribution is 5.87. The predicted octanol–water partition coefficient (Wildman–Crippen LogP) is 3.43. The number of benzene rings is 2. The molecule has 0 saturated heterocycles. The Morgan fingerprint density at radius 3 is 2.31 bits per heavy atom. The fourth-order valence-electron chi connectivity index (χ4n) is 5.37. The summed E-state index contributed by atoms with van der Waals surface area (Å²) in [6.07, 6.45) is 0.218. The van der Waals surface area contributed by atoms with Crippen LogP contribution in [0.3, 0.4) is 0 Å². The van der Waals surface area contributed by atoms with Crippen molar-refractivity contribution in [2.75, 3.05) is 13.2 Å². The van der Waals surface area contributed by atoms with Crippen molar-refractivity contribution in [3.8, 4) is 11.1 Å². The number of alkyl carbamates (subject to hydrolysis) is 1. The van der Waals surface area contributed by atoms with Gasteiger partial charge in [-0.25, -0.2) is 9.59 Å². The Kier molecular flexibility index (Phi) is 7.40. The van der Waals surface area contributed by atoms with Gasteiger partial charge in [0, 0.05) is 12.5 Å². The fourth-order valence-corrected chi connectivity index (χ4v) is 5.37. The number of aliphatic hydroxyl groups is 1. The van der Waals surface area contributed by atoms with Crippen molar-refractivity contribution in [3.63, 3.8) is 0 Å². The number of carboxylic acids is 1. The number of carbonyl (C=O) groups is 3. The van der Waals surface area contributed by atoms with E-state index < -0.39 is 29.6 Å². The van der Waals surface area contributed by atoms with Crippen LogP contribution in [-0.4, -0.2) is 53.0 Å². The van der Waals surface area contributed by atoms with Gasteiger partial charge in [0.25, 0.3) is 0 Å². The first-order chi connectivity index (χ1) is 16.8. The van der Waals surface area contributed by atoms with Crippen molar-refractivity contribution in [1.29, 1.82) is 0 Å². The topological polar surface area (TPSA) is 125 Å². The Balaban J connectivity index is 1.26. The fraction of sp³-hybridized carbons (Fsp3) is 0.444. The van der Waals surface area contributed by atoms with Gasteiger partial charge in [-0.2, -0.15) is 0 Å². The van der Waals surface area contributed by atoms with Crippen LogP contribution in [0.15, 0.2) is 48.5 Å². The molecule has 0 aromatic heterocycles. The molecule has 2 aromatic rings. The third kappa shape index (κ3) is 5.48. The minimum absolute atomic E-state index is 0.0751. The average molecular weight is 481 g/mol. The highest BCUT2D eigenvalue weighted by atomic mass is 16.5. The van der Waals surface area contributed by atoms with Crippen LogP contribution < -0.4 is 10.6 Å². The van der Waals surface area contributed by atoms with Crippen LogP contribution in [-0.2, 0) is 14.3 Å². The molecule has 8 nitrogen and oxygen atoms in total. The van der Waals surface area contributed by atoms with Crippen LogP contribution in [0.1, 0.15) is 56.1 Å². The third-order valence-electron chi connectivity index (χ3n) is 7.03. The summed E-state index contributed by atoms with van der Waals surface area (Å²) < 4.78 is 5.44. The minimum atomic E-state index is -1.30. The molecular weight excluding hydrogens is 448 g/mol. The SMILES string of the molecule is CC1CCCC(NC(=O)CC(O)CNC(=O)OCC2c3ccccc3-c3ccccc32)(C(=O)O)C1. The smallest absolute Gasteiger partial charge is 0.407 e. The molecule has 2 aromatic carbocycles. The maximum absolute atomic E-state index is 12.4. The van der Waals surface area contributed by atoms with Gasteiger partial charge >= 0.3 is 12.1 Å². The minimum Gasteiger partial charge on any atom is -0.480 e. The lowest BCUT2D eigenvalue weighted by molar-refractivity contribution is -0.150. The van der Waals surface area contributed by atoms with Gasteiger partial charge < -0.3 is 25.6 Å². The van der Waals surface area contributed by atoms with Crippen molar-refractivity contribution in [2.24, 2.45) is 5.92 Å². The number of hydrogen-bond acceptors (Lipinski definition) is 5. The molecular formula is C27H32N2O6. The molecule has 186 valence electrons. The molecule has 3 atom stereocenters. The zero-order chi connectivity index (χ0) is 25.0. The van der Waals surface area contributed by atoms with Gasteiger partial charge in [-0.3, -0.25) is 4.79 Å². The number of rotatable bonds is 8. The number of ether oxygens (including phenoxy) is 1. The van der Waals surface area contributed by atoms with E-state index >= 15 is 0 Å². The summed E-state index contributed by atoms with van der Waals surface area (Å²) in [6, 6.07) is 16.0. The quantitative estimate of drug-likeness (QED) is 0.459. The molecule has 8 heteroatoms. The first-order valence-electron chi connectivity index (χ1n) is 12.1. The number of aliphatic hydroxyl groups excluding tert-OH is 1. The van der Waals surface area contributed by atoms with Gasteiger partial charge in [0.05, 0.1) is 12.5 Å². The monoisotopic (exact) mass is 480 g/mol. The van der Waals surface area contributed by atoms with Crippen LogP contribution in [0.25, 0.3) is 11.1 Å². The van der Waals surface area contributed by atoms with Crippen LogP contribution in [0, 0.1) is 5.92 Å². The molecule has 2 aliphatic carbocycles. The number of amides is 2. The summed E-state index contributed by atoms with van der Waals surface area (Å²) in [6.45, 7) is 1.94. The molecule has 0 spiro atoms. The lowest BCUT2D eigenvalue weighted by atomic mass is 9.76. The number of aliphatic carboxylic acids is 1. The van der Waals surface area contributed by atoms with Crippen LogP contribution in [0.2, 0.25) is 0 Å². The van der Waals surface area contributed by atoms with Crippen molar-refractivity contribution >= 4 is 18.0 Å². The number of carbonyl (C=O) groups excluding carboxylic acids is 2. The summed E-state index contributed by atoms with van der Waals surface area (Å²) in [5, 5.41) is 25.0. The molecule has 4 rings (SSSR count). The van der Waals surface area contributed by atoms with Gasteiger partial charge in [-0.05, 0) is 41.0 Å². The number of fused-ring (bicyclic) bond motifs is 3. The Labute approximate surface area is 204 Å². The highest BCUT2D eigenvalue weighted by Crippen LogP contribution is 2.44. The molecule has 0 bridgehead atoms. The number of nitrogens with one attached hydrogen (secondary N) is 2. The van der Waals surface area contributed by atoms with Crippen molar-refractivity contribution in [3.05, 3.63) is 59.7 Å². The van der Waals surface area contributed by atoms with Crippen molar-refractivity contribution < 1.29 is 29.3 Å². The van der Waals surface area contributed by atoms with E-state index in [1.807, 2.05) is 43.3 Å². The third-order valence-corrected chi connectivity index (χ3v) is 7.03. The average Bonchev–Trinajstić information content (AvgIpc) is 3.15. The Morgan fingerprint density at radius 1 is 1.09 bits per heavy atom. The highest BCUT2D eigenvalue weighted by Gasteiger charge is 2.43. The molecule has 3 unspecified atom stereocenters. The predicted molar refractivity (Wildman–Crippen MR) is 130 cm³/mol. The first-order valence-corrected chi connectivity index (χ1v) is 12.1. The Hall–Kier alpha value is -3.39. The first kappa shape index (κ1) is 24.7. The molecule has 2 aliphatic rings. The second-order valence-corrected chi connectivity index (χ2v) is 9.70. The van der Waals surface area contributed by atoms with Crippen LogP contribution in [0.4, 0.5) is 4.79 Å². The summed E-state index contributed by atoms with van der Waals surface area (Å²) in [5.41, 5.74) is 3.16. The molecule has 0 heterocycles. The molecule has 0 radical (unpaired) electrons. The van der Waals surface area contributed by atoms with Crippen molar-refractivity contribution in [2.45, 2.75) is 56.6 Å².